The minimum absolute atomic E-state index is 0.0465. The molecule has 0 saturated carbocycles. The normalized spacial score (nSPS) is 16.6. The molecule has 0 bridgehead atoms. The molecule has 1 aliphatic heterocycles. The van der Waals surface area contributed by atoms with Crippen molar-refractivity contribution in [3.63, 3.8) is 0 Å². The molecule has 0 radical (unpaired) electrons. The number of aryl methyl sites for hydroxylation is 1. The number of nitrogens with zero attached hydrogens (tertiary/aromatic N) is 3. The monoisotopic (exact) mass is 471 g/mol. The van der Waals surface area contributed by atoms with Crippen LogP contribution in [-0.4, -0.2) is 46.9 Å². The number of fused-ring (bicyclic) bond motifs is 1. The highest BCUT2D eigenvalue weighted by Gasteiger charge is 2.35. The Bertz CT molecular complexity index is 1350. The first kappa shape index (κ1) is 22.9. The van der Waals surface area contributed by atoms with Crippen molar-refractivity contribution in [3.05, 3.63) is 84.2 Å². The van der Waals surface area contributed by atoms with E-state index in [1.165, 1.54) is 0 Å². The summed E-state index contributed by atoms with van der Waals surface area (Å²) in [6.07, 6.45) is -0.380. The number of benzene rings is 3. The molecule has 0 unspecified atom stereocenters. The van der Waals surface area contributed by atoms with Crippen LogP contribution >= 0.6 is 0 Å². The van der Waals surface area contributed by atoms with Gasteiger partial charge in [0.1, 0.15) is 30.0 Å². The summed E-state index contributed by atoms with van der Waals surface area (Å²) in [4.78, 5) is 19.6. The molecule has 1 aromatic heterocycles. The molecule has 1 saturated heterocycles. The Hall–Kier alpha value is -3.84. The number of anilines is 1. The van der Waals surface area contributed by atoms with Crippen LogP contribution in [0.3, 0.4) is 0 Å². The van der Waals surface area contributed by atoms with Crippen molar-refractivity contribution in [1.82, 2.24) is 9.55 Å². The third kappa shape index (κ3) is 4.86. The Morgan fingerprint density at radius 2 is 1.86 bits per heavy atom. The maximum atomic E-state index is 13.0. The average Bonchev–Trinajstić information content (AvgIpc) is 3.43. The van der Waals surface area contributed by atoms with Gasteiger partial charge in [-0.2, -0.15) is 0 Å². The van der Waals surface area contributed by atoms with Gasteiger partial charge in [0.25, 0.3) is 0 Å². The van der Waals surface area contributed by atoms with Gasteiger partial charge in [-0.25, -0.2) is 4.98 Å². The molecule has 35 heavy (non-hydrogen) atoms. The van der Waals surface area contributed by atoms with Gasteiger partial charge in [0.2, 0.25) is 5.91 Å². The van der Waals surface area contributed by atoms with Crippen molar-refractivity contribution in [2.75, 3.05) is 25.2 Å². The first-order valence-corrected chi connectivity index (χ1v) is 11.8. The molecule has 180 valence electrons. The van der Waals surface area contributed by atoms with E-state index in [0.717, 1.165) is 33.9 Å². The number of carbonyl (C=O) groups excluding carboxylic acids is 1. The first-order chi connectivity index (χ1) is 17.0. The van der Waals surface area contributed by atoms with Gasteiger partial charge < -0.3 is 24.0 Å². The number of carbonyl (C=O) groups is 1. The van der Waals surface area contributed by atoms with Crippen LogP contribution in [0.25, 0.3) is 11.0 Å². The van der Waals surface area contributed by atoms with Crippen molar-refractivity contribution >= 4 is 22.6 Å². The number of ether oxygens (including phenoxy) is 2. The maximum Gasteiger partial charge on any atom is 0.227 e. The minimum atomic E-state index is -0.738. The van der Waals surface area contributed by atoms with Gasteiger partial charge in [0.05, 0.1) is 24.7 Å². The van der Waals surface area contributed by atoms with Crippen molar-refractivity contribution in [2.24, 2.45) is 0 Å². The van der Waals surface area contributed by atoms with Crippen molar-refractivity contribution in [3.8, 4) is 11.5 Å². The van der Waals surface area contributed by atoms with Crippen molar-refractivity contribution in [1.29, 1.82) is 0 Å². The number of para-hydroxylation sites is 2. The summed E-state index contributed by atoms with van der Waals surface area (Å²) in [6, 6.07) is 23.2. The number of aromatic nitrogens is 2. The lowest BCUT2D eigenvalue weighted by Gasteiger charge is -2.19. The third-order valence-electron chi connectivity index (χ3n) is 6.36. The number of rotatable bonds is 8. The average molecular weight is 472 g/mol. The van der Waals surface area contributed by atoms with Crippen molar-refractivity contribution in [2.45, 2.75) is 31.9 Å². The quantitative estimate of drug-likeness (QED) is 0.414. The highest BCUT2D eigenvalue weighted by atomic mass is 16.5. The molecule has 5 rings (SSSR count). The number of aliphatic hydroxyl groups excluding tert-OH is 1. The van der Waals surface area contributed by atoms with E-state index in [1.807, 2.05) is 84.3 Å². The van der Waals surface area contributed by atoms with Crippen molar-refractivity contribution < 1.29 is 19.4 Å². The smallest absolute Gasteiger partial charge is 0.227 e. The molecule has 4 aromatic rings. The van der Waals surface area contributed by atoms with Crippen LogP contribution in [0.2, 0.25) is 0 Å². The minimum Gasteiger partial charge on any atom is -0.497 e. The van der Waals surface area contributed by atoms with Gasteiger partial charge in [0, 0.05) is 30.6 Å². The second-order valence-corrected chi connectivity index (χ2v) is 8.96. The molecule has 0 aliphatic carbocycles. The van der Waals surface area contributed by atoms with Crippen LogP contribution in [0.5, 0.6) is 11.5 Å². The molecule has 1 fully saturated rings. The Morgan fingerprint density at radius 1 is 1.06 bits per heavy atom. The number of aliphatic hydroxyl groups is 1. The van der Waals surface area contributed by atoms with Gasteiger partial charge in [0.15, 0.2) is 0 Å². The Labute approximate surface area is 204 Å². The Balaban J connectivity index is 1.38. The summed E-state index contributed by atoms with van der Waals surface area (Å²) < 4.78 is 13.2. The van der Waals surface area contributed by atoms with Gasteiger partial charge in [-0.3, -0.25) is 4.79 Å². The fraction of sp³-hybridized carbons (Fsp3) is 0.286. The fourth-order valence-electron chi connectivity index (χ4n) is 4.67. The van der Waals surface area contributed by atoms with Gasteiger partial charge in [-0.1, -0.05) is 30.3 Å². The summed E-state index contributed by atoms with van der Waals surface area (Å²) in [7, 11) is 1.62. The largest absolute Gasteiger partial charge is 0.497 e. The van der Waals surface area contributed by atoms with E-state index in [-0.39, 0.29) is 18.4 Å². The molecule has 2 heterocycles. The van der Waals surface area contributed by atoms with E-state index < -0.39 is 6.10 Å². The predicted octanol–water partition coefficient (Wildman–Crippen LogP) is 4.31. The Morgan fingerprint density at radius 3 is 2.69 bits per heavy atom. The van der Waals surface area contributed by atoms with Gasteiger partial charge in [-0.15, -0.1) is 0 Å². The van der Waals surface area contributed by atoms with Crippen LogP contribution in [0.15, 0.2) is 72.8 Å². The van der Waals surface area contributed by atoms with Crippen LogP contribution in [0.4, 0.5) is 5.69 Å². The number of hydrogen-bond acceptors (Lipinski definition) is 5. The summed E-state index contributed by atoms with van der Waals surface area (Å²) >= 11 is 0. The van der Waals surface area contributed by atoms with E-state index in [0.29, 0.717) is 25.3 Å². The van der Waals surface area contributed by atoms with E-state index in [4.69, 9.17) is 14.5 Å². The van der Waals surface area contributed by atoms with Crippen LogP contribution in [0.1, 0.15) is 23.7 Å². The van der Waals surface area contributed by atoms with Gasteiger partial charge >= 0.3 is 0 Å². The lowest BCUT2D eigenvalue weighted by Crippen LogP contribution is -2.26. The standard InChI is InChI=1S/C28H29N3O4/c1-19-7-5-10-24(13-19)35-18-22(32)17-31-26-12-4-3-11-25(26)29-28(31)20-14-27(33)30(16-20)21-8-6-9-23(15-21)34-2/h3-13,15,20,22,32H,14,16-18H2,1-2H3/t20-,22-/m1/s1. The molecule has 1 amide bonds. The number of hydrogen-bond donors (Lipinski definition) is 1. The Kier molecular flexibility index (Phi) is 6.42. The van der Waals surface area contributed by atoms with E-state index in [1.54, 1.807) is 12.0 Å². The fourth-order valence-corrected chi connectivity index (χ4v) is 4.67. The van der Waals surface area contributed by atoms with Gasteiger partial charge in [-0.05, 0) is 48.9 Å². The molecule has 7 heteroatoms. The molecule has 3 aromatic carbocycles. The zero-order chi connectivity index (χ0) is 24.4. The molecule has 0 spiro atoms. The molecule has 2 atom stereocenters. The summed E-state index contributed by atoms with van der Waals surface area (Å²) in [5, 5.41) is 10.9. The third-order valence-corrected chi connectivity index (χ3v) is 6.36. The van der Waals surface area contributed by atoms with E-state index >= 15 is 0 Å². The second kappa shape index (κ2) is 9.80. The number of imidazole rings is 1. The highest BCUT2D eigenvalue weighted by Crippen LogP contribution is 2.34. The molecule has 1 aliphatic rings. The molecule has 1 N–H and O–H groups in total. The lowest BCUT2D eigenvalue weighted by molar-refractivity contribution is -0.117. The zero-order valence-corrected chi connectivity index (χ0v) is 19.9. The zero-order valence-electron chi connectivity index (χ0n) is 19.9. The molecular weight excluding hydrogens is 442 g/mol. The molecular formula is C28H29N3O4. The predicted molar refractivity (Wildman–Crippen MR) is 135 cm³/mol. The lowest BCUT2D eigenvalue weighted by atomic mass is 10.1. The van der Waals surface area contributed by atoms with E-state index in [9.17, 15) is 9.90 Å². The summed E-state index contributed by atoms with van der Waals surface area (Å²) in [6.45, 7) is 3.01. The molecule has 7 nitrogen and oxygen atoms in total. The number of methoxy groups -OCH3 is 1. The highest BCUT2D eigenvalue weighted by molar-refractivity contribution is 5.96. The van der Waals surface area contributed by atoms with E-state index in [2.05, 4.69) is 0 Å². The second-order valence-electron chi connectivity index (χ2n) is 8.96. The first-order valence-electron chi connectivity index (χ1n) is 11.8. The van der Waals surface area contributed by atoms with Crippen LogP contribution in [0, 0.1) is 6.92 Å². The van der Waals surface area contributed by atoms with Crippen LogP contribution < -0.4 is 14.4 Å². The topological polar surface area (TPSA) is 76.8 Å². The summed E-state index contributed by atoms with van der Waals surface area (Å²) in [5.74, 6) is 2.20. The SMILES string of the molecule is COc1cccc(N2C[C@H](c3nc4ccccc4n3C[C@@H](O)COc3cccc(C)c3)CC2=O)c1. The summed E-state index contributed by atoms with van der Waals surface area (Å²) in [5.41, 5.74) is 3.70. The van der Waals surface area contributed by atoms with Crippen LogP contribution in [-0.2, 0) is 11.3 Å². The maximum absolute atomic E-state index is 13.0. The number of amides is 1.